The zero-order chi connectivity index (χ0) is 11.5. The first kappa shape index (κ1) is 12.9. The molecule has 4 nitrogen and oxygen atoms in total. The lowest BCUT2D eigenvalue weighted by molar-refractivity contribution is 0.375. The molecule has 0 aliphatic carbocycles. The molecule has 90 valence electrons. The second-order valence-electron chi connectivity index (χ2n) is 5.06. The molecule has 1 heterocycles. The summed E-state index contributed by atoms with van der Waals surface area (Å²) < 4.78 is 25.4. The Morgan fingerprint density at radius 1 is 1.33 bits per heavy atom. The van der Waals surface area contributed by atoms with E-state index in [1.807, 2.05) is 0 Å². The average molecular weight is 234 g/mol. The fraction of sp³-hybridized carbons (Fsp3) is 1.00. The molecule has 1 saturated heterocycles. The second kappa shape index (κ2) is 4.80. The maximum atomic E-state index is 11.9. The lowest BCUT2D eigenvalue weighted by atomic mass is 9.93. The Hall–Kier alpha value is -0.130. The highest BCUT2D eigenvalue weighted by Crippen LogP contribution is 2.30. The van der Waals surface area contributed by atoms with E-state index >= 15 is 0 Å². The molecule has 0 bridgehead atoms. The van der Waals surface area contributed by atoms with Crippen molar-refractivity contribution < 1.29 is 8.42 Å². The number of hydrogen-bond acceptors (Lipinski definition) is 3. The van der Waals surface area contributed by atoms with Crippen molar-refractivity contribution in [2.24, 2.45) is 11.1 Å². The van der Waals surface area contributed by atoms with Gasteiger partial charge in [0.1, 0.15) is 0 Å². The van der Waals surface area contributed by atoms with Gasteiger partial charge in [0.15, 0.2) is 0 Å². The van der Waals surface area contributed by atoms with E-state index in [1.165, 1.54) is 0 Å². The summed E-state index contributed by atoms with van der Waals surface area (Å²) in [6, 6.07) is 0. The third-order valence-corrected chi connectivity index (χ3v) is 4.80. The minimum Gasteiger partial charge on any atom is -0.330 e. The van der Waals surface area contributed by atoms with Crippen LogP contribution in [0.25, 0.3) is 0 Å². The Morgan fingerprint density at radius 3 is 2.47 bits per heavy atom. The Labute approximate surface area is 92.9 Å². The zero-order valence-corrected chi connectivity index (χ0v) is 10.5. The summed E-state index contributed by atoms with van der Waals surface area (Å²) in [6.07, 6.45) is 2.43. The molecule has 0 atom stereocenters. The van der Waals surface area contributed by atoms with Crippen molar-refractivity contribution in [1.29, 1.82) is 0 Å². The number of unbranched alkanes of at least 4 members (excludes halogenated alkanes) is 1. The molecule has 2 N–H and O–H groups in total. The van der Waals surface area contributed by atoms with E-state index in [1.54, 1.807) is 4.31 Å². The van der Waals surface area contributed by atoms with E-state index in [-0.39, 0.29) is 11.2 Å². The topological polar surface area (TPSA) is 63.4 Å². The van der Waals surface area contributed by atoms with Gasteiger partial charge in [-0.3, -0.25) is 0 Å². The van der Waals surface area contributed by atoms with Crippen molar-refractivity contribution in [2.75, 3.05) is 25.4 Å². The summed E-state index contributed by atoms with van der Waals surface area (Å²) in [5.41, 5.74) is 5.49. The maximum absolute atomic E-state index is 11.9. The van der Waals surface area contributed by atoms with Crippen molar-refractivity contribution in [2.45, 2.75) is 33.1 Å². The molecule has 0 aromatic rings. The number of rotatable bonds is 5. The Kier molecular flexibility index (Phi) is 4.14. The normalized spacial score (nSPS) is 22.1. The van der Waals surface area contributed by atoms with Crippen molar-refractivity contribution in [3.63, 3.8) is 0 Å². The van der Waals surface area contributed by atoms with Crippen LogP contribution in [0.2, 0.25) is 0 Å². The Balaban J connectivity index is 2.49. The van der Waals surface area contributed by atoms with Gasteiger partial charge < -0.3 is 5.73 Å². The van der Waals surface area contributed by atoms with Gasteiger partial charge in [0.2, 0.25) is 10.0 Å². The molecule has 0 spiro atoms. The predicted octanol–water partition coefficient (Wildman–Crippen LogP) is 0.787. The highest BCUT2D eigenvalue weighted by molar-refractivity contribution is 7.89. The van der Waals surface area contributed by atoms with Gasteiger partial charge in [-0.1, -0.05) is 13.8 Å². The molecule has 15 heavy (non-hydrogen) atoms. The van der Waals surface area contributed by atoms with Crippen LogP contribution < -0.4 is 5.73 Å². The van der Waals surface area contributed by atoms with E-state index < -0.39 is 10.0 Å². The zero-order valence-electron chi connectivity index (χ0n) is 9.70. The molecule has 0 saturated carbocycles. The molecule has 1 aliphatic heterocycles. The van der Waals surface area contributed by atoms with Crippen LogP contribution in [0.1, 0.15) is 33.1 Å². The van der Waals surface area contributed by atoms with Crippen LogP contribution in [-0.4, -0.2) is 38.1 Å². The highest BCUT2D eigenvalue weighted by Gasteiger charge is 2.35. The van der Waals surface area contributed by atoms with Gasteiger partial charge in [0.05, 0.1) is 5.75 Å². The SMILES string of the molecule is CC1(C)CCN(S(=O)(=O)CCCCN)C1. The first-order valence-corrected chi connectivity index (χ1v) is 7.16. The van der Waals surface area contributed by atoms with Crippen LogP contribution in [0.4, 0.5) is 0 Å². The van der Waals surface area contributed by atoms with Crippen LogP contribution in [0.15, 0.2) is 0 Å². The largest absolute Gasteiger partial charge is 0.330 e. The smallest absolute Gasteiger partial charge is 0.214 e. The van der Waals surface area contributed by atoms with Crippen molar-refractivity contribution >= 4 is 10.0 Å². The van der Waals surface area contributed by atoms with E-state index in [0.29, 0.717) is 26.1 Å². The monoisotopic (exact) mass is 234 g/mol. The summed E-state index contributed by atoms with van der Waals surface area (Å²) in [6.45, 7) is 6.14. The van der Waals surface area contributed by atoms with E-state index in [0.717, 1.165) is 12.8 Å². The maximum Gasteiger partial charge on any atom is 0.214 e. The molecule has 1 rings (SSSR count). The molecule has 5 heteroatoms. The van der Waals surface area contributed by atoms with Crippen molar-refractivity contribution in [1.82, 2.24) is 4.31 Å². The van der Waals surface area contributed by atoms with Crippen LogP contribution in [0.5, 0.6) is 0 Å². The highest BCUT2D eigenvalue weighted by atomic mass is 32.2. The third-order valence-electron chi connectivity index (χ3n) is 2.89. The number of sulfonamides is 1. The van der Waals surface area contributed by atoms with Crippen molar-refractivity contribution in [3.05, 3.63) is 0 Å². The van der Waals surface area contributed by atoms with Gasteiger partial charge in [-0.05, 0) is 31.2 Å². The quantitative estimate of drug-likeness (QED) is 0.715. The summed E-state index contributed by atoms with van der Waals surface area (Å²) in [5.74, 6) is 0.250. The first-order chi connectivity index (χ1) is 6.87. The summed E-state index contributed by atoms with van der Waals surface area (Å²) >= 11 is 0. The summed E-state index contributed by atoms with van der Waals surface area (Å²) in [4.78, 5) is 0. The predicted molar refractivity (Wildman–Crippen MR) is 62.0 cm³/mol. The minimum absolute atomic E-state index is 0.140. The Bertz CT molecular complexity index is 299. The average Bonchev–Trinajstić information content (AvgIpc) is 2.47. The van der Waals surface area contributed by atoms with Gasteiger partial charge in [-0.2, -0.15) is 0 Å². The van der Waals surface area contributed by atoms with Gasteiger partial charge in [-0.25, -0.2) is 12.7 Å². The van der Waals surface area contributed by atoms with Gasteiger partial charge >= 0.3 is 0 Å². The molecular formula is C10H22N2O2S. The van der Waals surface area contributed by atoms with Gasteiger partial charge in [0, 0.05) is 13.1 Å². The molecule has 0 amide bonds. The van der Waals surface area contributed by atoms with Crippen LogP contribution in [-0.2, 0) is 10.0 Å². The Morgan fingerprint density at radius 2 is 2.00 bits per heavy atom. The molecule has 0 aromatic carbocycles. The van der Waals surface area contributed by atoms with Crippen LogP contribution in [0.3, 0.4) is 0 Å². The lowest BCUT2D eigenvalue weighted by Gasteiger charge is -2.19. The fourth-order valence-electron chi connectivity index (χ4n) is 1.86. The van der Waals surface area contributed by atoms with E-state index in [2.05, 4.69) is 13.8 Å². The van der Waals surface area contributed by atoms with Crippen molar-refractivity contribution in [3.8, 4) is 0 Å². The molecule has 0 unspecified atom stereocenters. The third kappa shape index (κ3) is 3.74. The molecule has 1 aliphatic rings. The first-order valence-electron chi connectivity index (χ1n) is 5.55. The number of nitrogens with two attached hydrogens (primary N) is 1. The standard InChI is InChI=1S/C10H22N2O2S/c1-10(2)5-7-12(9-10)15(13,14)8-4-3-6-11/h3-9,11H2,1-2H3. The van der Waals surface area contributed by atoms with E-state index in [4.69, 9.17) is 5.73 Å². The van der Waals surface area contributed by atoms with Gasteiger partial charge in [-0.15, -0.1) is 0 Å². The summed E-state index contributed by atoms with van der Waals surface area (Å²) in [5, 5.41) is 0. The number of hydrogen-bond donors (Lipinski definition) is 1. The lowest BCUT2D eigenvalue weighted by Crippen LogP contribution is -2.32. The minimum atomic E-state index is -3.03. The number of nitrogens with zero attached hydrogens (tertiary/aromatic N) is 1. The van der Waals surface area contributed by atoms with Crippen LogP contribution >= 0.6 is 0 Å². The van der Waals surface area contributed by atoms with E-state index in [9.17, 15) is 8.42 Å². The molecular weight excluding hydrogens is 212 g/mol. The molecule has 0 radical (unpaired) electrons. The summed E-state index contributed by atoms with van der Waals surface area (Å²) in [7, 11) is -3.03. The van der Waals surface area contributed by atoms with Gasteiger partial charge in [0.25, 0.3) is 0 Å². The fourth-order valence-corrected chi connectivity index (χ4v) is 3.60. The van der Waals surface area contributed by atoms with Crippen LogP contribution in [0, 0.1) is 5.41 Å². The molecule has 1 fully saturated rings. The molecule has 0 aromatic heterocycles. The second-order valence-corrected chi connectivity index (χ2v) is 7.15.